The number of carbonyl (C=O) groups is 1. The monoisotopic (exact) mass is 282 g/mol. The minimum Gasteiger partial charge on any atom is -0.508 e. The van der Waals surface area contributed by atoms with Crippen LogP contribution in [-0.4, -0.2) is 23.0 Å². The average molecular weight is 282 g/mol. The quantitative estimate of drug-likeness (QED) is 0.847. The van der Waals surface area contributed by atoms with E-state index in [-0.39, 0.29) is 23.3 Å². The molecule has 2 N–H and O–H groups in total. The summed E-state index contributed by atoms with van der Waals surface area (Å²) in [5.41, 5.74) is 2.57. The molecule has 1 aromatic carbocycles. The molecule has 1 amide bonds. The first-order valence-corrected chi connectivity index (χ1v) is 6.70. The van der Waals surface area contributed by atoms with Crippen molar-refractivity contribution in [1.82, 2.24) is 10.3 Å². The van der Waals surface area contributed by atoms with E-state index in [0.717, 1.165) is 5.56 Å². The maximum Gasteiger partial charge on any atom is 0.269 e. The number of aliphatic hydroxyl groups excluding tert-OH is 1. The Balaban J connectivity index is 2.50. The lowest BCUT2D eigenvalue weighted by molar-refractivity contribution is 0.0958. The molecule has 0 aliphatic heterocycles. The number of nitrogens with one attached hydrogen (secondary N) is 1. The third-order valence-corrected chi connectivity index (χ3v) is 3.38. The average Bonchev–Trinajstić information content (AvgIpc) is 2.53. The molecule has 4 nitrogen and oxygen atoms in total. The zero-order chi connectivity index (χ0) is 15.4. The third kappa shape index (κ3) is 3.28. The molecule has 0 spiro atoms. The molecule has 21 heavy (non-hydrogen) atoms. The van der Waals surface area contributed by atoms with Gasteiger partial charge in [-0.3, -0.25) is 4.79 Å². The highest BCUT2D eigenvalue weighted by Crippen LogP contribution is 2.25. The van der Waals surface area contributed by atoms with Crippen LogP contribution in [0.15, 0.2) is 49.0 Å². The van der Waals surface area contributed by atoms with Crippen LogP contribution in [0.25, 0.3) is 5.76 Å². The molecule has 0 radical (unpaired) electrons. The minimum atomic E-state index is -0.292. The van der Waals surface area contributed by atoms with E-state index in [2.05, 4.69) is 16.9 Å². The van der Waals surface area contributed by atoms with Crippen molar-refractivity contribution in [2.75, 3.05) is 7.05 Å². The van der Waals surface area contributed by atoms with Crippen LogP contribution in [0.2, 0.25) is 0 Å². The molecule has 0 bridgehead atoms. The van der Waals surface area contributed by atoms with Crippen molar-refractivity contribution in [1.29, 1.82) is 0 Å². The van der Waals surface area contributed by atoms with E-state index in [0.29, 0.717) is 11.3 Å². The predicted molar refractivity (Wildman–Crippen MR) is 83.2 cm³/mol. The molecule has 0 unspecified atom stereocenters. The van der Waals surface area contributed by atoms with E-state index in [4.69, 9.17) is 0 Å². The molecular formula is C17H18N2O2. The molecule has 1 aromatic heterocycles. The second-order valence-corrected chi connectivity index (χ2v) is 4.82. The van der Waals surface area contributed by atoms with E-state index >= 15 is 0 Å². The molecule has 2 rings (SSSR count). The van der Waals surface area contributed by atoms with E-state index < -0.39 is 0 Å². The van der Waals surface area contributed by atoms with Crippen molar-refractivity contribution in [2.45, 2.75) is 12.8 Å². The minimum absolute atomic E-state index is 0.00825. The van der Waals surface area contributed by atoms with Gasteiger partial charge in [0.05, 0.1) is 0 Å². The summed E-state index contributed by atoms with van der Waals surface area (Å²) in [6, 6.07) is 13.2. The fourth-order valence-corrected chi connectivity index (χ4v) is 2.10. The van der Waals surface area contributed by atoms with Gasteiger partial charge in [0.15, 0.2) is 0 Å². The Bertz CT molecular complexity index is 666. The lowest BCUT2D eigenvalue weighted by Crippen LogP contribution is -2.20. The SMILES string of the molecule is C=C(O)c1cc(C(=O)NC)nc([C@@H](C)c2ccccc2)c1. The van der Waals surface area contributed by atoms with Gasteiger partial charge in [-0.15, -0.1) is 0 Å². The van der Waals surface area contributed by atoms with E-state index in [1.165, 1.54) is 6.07 Å². The number of nitrogens with zero attached hydrogens (tertiary/aromatic N) is 1. The lowest BCUT2D eigenvalue weighted by atomic mass is 9.95. The third-order valence-electron chi connectivity index (χ3n) is 3.38. The summed E-state index contributed by atoms with van der Waals surface area (Å²) < 4.78 is 0. The van der Waals surface area contributed by atoms with Gasteiger partial charge in [-0.1, -0.05) is 43.8 Å². The van der Waals surface area contributed by atoms with Gasteiger partial charge in [0.25, 0.3) is 5.91 Å². The largest absolute Gasteiger partial charge is 0.508 e. The lowest BCUT2D eigenvalue weighted by Gasteiger charge is -2.14. The highest BCUT2D eigenvalue weighted by Gasteiger charge is 2.15. The van der Waals surface area contributed by atoms with Crippen molar-refractivity contribution in [3.63, 3.8) is 0 Å². The Morgan fingerprint density at radius 2 is 1.95 bits per heavy atom. The molecule has 1 heterocycles. The van der Waals surface area contributed by atoms with Crippen LogP contribution in [0.3, 0.4) is 0 Å². The first-order valence-electron chi connectivity index (χ1n) is 6.70. The number of aromatic nitrogens is 1. The molecule has 0 fully saturated rings. The topological polar surface area (TPSA) is 62.2 Å². The van der Waals surface area contributed by atoms with Crippen molar-refractivity contribution >= 4 is 11.7 Å². The van der Waals surface area contributed by atoms with Crippen molar-refractivity contribution in [3.05, 3.63) is 71.6 Å². The number of amides is 1. The molecule has 2 aromatic rings. The van der Waals surface area contributed by atoms with Crippen molar-refractivity contribution in [3.8, 4) is 0 Å². The number of hydrogen-bond donors (Lipinski definition) is 2. The maximum atomic E-state index is 11.8. The smallest absolute Gasteiger partial charge is 0.269 e. The molecule has 0 aliphatic carbocycles. The van der Waals surface area contributed by atoms with E-state index in [9.17, 15) is 9.90 Å². The van der Waals surface area contributed by atoms with Gasteiger partial charge in [0.1, 0.15) is 11.5 Å². The van der Waals surface area contributed by atoms with Gasteiger partial charge >= 0.3 is 0 Å². The first-order chi connectivity index (χ1) is 10.0. The molecule has 0 saturated heterocycles. The Labute approximate surface area is 124 Å². The number of aliphatic hydroxyl groups is 1. The first kappa shape index (κ1) is 14.8. The summed E-state index contributed by atoms with van der Waals surface area (Å²) in [5, 5.41) is 12.2. The van der Waals surface area contributed by atoms with Gasteiger partial charge < -0.3 is 10.4 Å². The van der Waals surface area contributed by atoms with Crippen molar-refractivity contribution < 1.29 is 9.90 Å². The number of rotatable bonds is 4. The summed E-state index contributed by atoms with van der Waals surface area (Å²) in [5.74, 6) is -0.363. The van der Waals surface area contributed by atoms with Crippen LogP contribution in [0.4, 0.5) is 0 Å². The Hall–Kier alpha value is -2.62. The van der Waals surface area contributed by atoms with Gasteiger partial charge in [-0.2, -0.15) is 0 Å². The number of hydrogen-bond acceptors (Lipinski definition) is 3. The van der Waals surface area contributed by atoms with Crippen LogP contribution < -0.4 is 5.32 Å². The zero-order valence-electron chi connectivity index (χ0n) is 12.1. The Kier molecular flexibility index (Phi) is 4.38. The Morgan fingerprint density at radius 3 is 2.52 bits per heavy atom. The van der Waals surface area contributed by atoms with Crippen LogP contribution >= 0.6 is 0 Å². The second kappa shape index (κ2) is 6.22. The second-order valence-electron chi connectivity index (χ2n) is 4.82. The molecule has 0 aliphatic rings. The normalized spacial score (nSPS) is 11.7. The number of carbonyl (C=O) groups excluding carboxylic acids is 1. The van der Waals surface area contributed by atoms with Gasteiger partial charge in [0.2, 0.25) is 0 Å². The van der Waals surface area contributed by atoms with Gasteiger partial charge in [-0.25, -0.2) is 4.98 Å². The summed E-state index contributed by atoms with van der Waals surface area (Å²) >= 11 is 0. The van der Waals surface area contributed by atoms with E-state index in [1.54, 1.807) is 13.1 Å². The molecule has 4 heteroatoms. The van der Waals surface area contributed by atoms with Gasteiger partial charge in [-0.05, 0) is 17.7 Å². The standard InChI is InChI=1S/C17H18N2O2/c1-11(13-7-5-4-6-8-13)15-9-14(12(2)20)10-16(19-15)17(21)18-3/h4-11,20H,2H2,1,3H3,(H,18,21)/t11-/m0/s1. The predicted octanol–water partition coefficient (Wildman–Crippen LogP) is 3.12. The highest BCUT2D eigenvalue weighted by atomic mass is 16.3. The fourth-order valence-electron chi connectivity index (χ4n) is 2.10. The van der Waals surface area contributed by atoms with Crippen LogP contribution in [-0.2, 0) is 0 Å². The zero-order valence-corrected chi connectivity index (χ0v) is 12.1. The molecular weight excluding hydrogens is 264 g/mol. The van der Waals surface area contributed by atoms with Crippen LogP contribution in [0, 0.1) is 0 Å². The van der Waals surface area contributed by atoms with Crippen molar-refractivity contribution in [2.24, 2.45) is 0 Å². The number of benzene rings is 1. The summed E-state index contributed by atoms with van der Waals surface area (Å²) in [7, 11) is 1.55. The highest BCUT2D eigenvalue weighted by molar-refractivity contribution is 5.92. The fraction of sp³-hybridized carbons (Fsp3) is 0.176. The number of pyridine rings is 1. The van der Waals surface area contributed by atoms with Crippen LogP contribution in [0.5, 0.6) is 0 Å². The summed E-state index contributed by atoms with van der Waals surface area (Å²) in [4.78, 5) is 16.2. The Morgan fingerprint density at radius 1 is 1.29 bits per heavy atom. The van der Waals surface area contributed by atoms with E-state index in [1.807, 2.05) is 37.3 Å². The summed E-state index contributed by atoms with van der Waals surface area (Å²) in [6.45, 7) is 5.53. The molecule has 108 valence electrons. The van der Waals surface area contributed by atoms with Gasteiger partial charge in [0, 0.05) is 24.2 Å². The maximum absolute atomic E-state index is 11.8. The molecule has 1 atom stereocenters. The molecule has 0 saturated carbocycles. The van der Waals surface area contributed by atoms with Crippen LogP contribution in [0.1, 0.15) is 40.2 Å². The summed E-state index contributed by atoms with van der Waals surface area (Å²) in [6.07, 6.45) is 0.